The van der Waals surface area contributed by atoms with Crippen LogP contribution in [0.25, 0.3) is 0 Å². The first-order valence-corrected chi connectivity index (χ1v) is 10.3. The molecule has 0 radical (unpaired) electrons. The molecule has 2 rings (SSSR count). The lowest BCUT2D eigenvalue weighted by Crippen LogP contribution is -2.51. The molecule has 0 bridgehead atoms. The standard InChI is InChI=1S/C16H32N2O3S/c1-3-7-16(14-8-5-4-6-9-14)17-22(19,20)18(2)15-10-12-21-13-11-15/h14-17H,3-13H2,1-2H3/t16-/m1/s1. The Labute approximate surface area is 136 Å². The molecule has 1 atom stereocenters. The van der Waals surface area contributed by atoms with Crippen LogP contribution in [0.15, 0.2) is 0 Å². The van der Waals surface area contributed by atoms with Crippen LogP contribution in [-0.2, 0) is 14.9 Å². The van der Waals surface area contributed by atoms with Crippen molar-refractivity contribution < 1.29 is 13.2 Å². The number of ether oxygens (including phenoxy) is 1. The lowest BCUT2D eigenvalue weighted by Gasteiger charge is -2.35. The molecule has 130 valence electrons. The lowest BCUT2D eigenvalue weighted by molar-refractivity contribution is 0.0627. The van der Waals surface area contributed by atoms with E-state index < -0.39 is 10.2 Å². The van der Waals surface area contributed by atoms with Crippen LogP contribution in [0.2, 0.25) is 0 Å². The van der Waals surface area contributed by atoms with Crippen molar-refractivity contribution in [2.75, 3.05) is 20.3 Å². The van der Waals surface area contributed by atoms with Gasteiger partial charge in [0.1, 0.15) is 0 Å². The Morgan fingerprint density at radius 1 is 1.14 bits per heavy atom. The second kappa shape index (κ2) is 8.62. The molecule has 1 saturated heterocycles. The van der Waals surface area contributed by atoms with Gasteiger partial charge in [-0.3, -0.25) is 0 Å². The molecule has 0 aromatic heterocycles. The molecule has 1 N–H and O–H groups in total. The van der Waals surface area contributed by atoms with Crippen molar-refractivity contribution in [3.05, 3.63) is 0 Å². The molecule has 2 fully saturated rings. The molecule has 0 spiro atoms. The van der Waals surface area contributed by atoms with E-state index in [1.807, 2.05) is 0 Å². The van der Waals surface area contributed by atoms with Crippen molar-refractivity contribution in [2.24, 2.45) is 5.92 Å². The summed E-state index contributed by atoms with van der Waals surface area (Å²) in [4.78, 5) is 0. The van der Waals surface area contributed by atoms with Crippen molar-refractivity contribution in [3.8, 4) is 0 Å². The van der Waals surface area contributed by atoms with E-state index in [1.54, 1.807) is 11.4 Å². The summed E-state index contributed by atoms with van der Waals surface area (Å²) >= 11 is 0. The van der Waals surface area contributed by atoms with Crippen LogP contribution < -0.4 is 4.72 Å². The molecule has 1 saturated carbocycles. The van der Waals surface area contributed by atoms with Gasteiger partial charge in [0, 0.05) is 32.3 Å². The lowest BCUT2D eigenvalue weighted by atomic mass is 9.83. The zero-order valence-electron chi connectivity index (χ0n) is 14.1. The molecule has 1 heterocycles. The Morgan fingerprint density at radius 2 is 1.77 bits per heavy atom. The molecule has 1 aliphatic heterocycles. The molecule has 0 amide bonds. The van der Waals surface area contributed by atoms with Crippen molar-refractivity contribution in [2.45, 2.75) is 76.8 Å². The van der Waals surface area contributed by atoms with E-state index >= 15 is 0 Å². The quantitative estimate of drug-likeness (QED) is 0.780. The summed E-state index contributed by atoms with van der Waals surface area (Å²) < 4.78 is 35.4. The van der Waals surface area contributed by atoms with E-state index in [2.05, 4.69) is 11.6 Å². The number of hydrogen-bond donors (Lipinski definition) is 1. The summed E-state index contributed by atoms with van der Waals surface area (Å²) in [6.45, 7) is 3.45. The number of nitrogens with zero attached hydrogens (tertiary/aromatic N) is 1. The van der Waals surface area contributed by atoms with Gasteiger partial charge in [0.2, 0.25) is 0 Å². The molecular formula is C16H32N2O3S. The number of hydrogen-bond acceptors (Lipinski definition) is 3. The predicted molar refractivity (Wildman–Crippen MR) is 88.9 cm³/mol. The largest absolute Gasteiger partial charge is 0.381 e. The molecule has 22 heavy (non-hydrogen) atoms. The monoisotopic (exact) mass is 332 g/mol. The van der Waals surface area contributed by atoms with E-state index in [9.17, 15) is 8.42 Å². The summed E-state index contributed by atoms with van der Waals surface area (Å²) in [5, 5.41) is 0. The van der Waals surface area contributed by atoms with E-state index in [0.717, 1.165) is 38.5 Å². The first-order valence-electron chi connectivity index (χ1n) is 8.87. The molecule has 0 aromatic carbocycles. The van der Waals surface area contributed by atoms with Crippen molar-refractivity contribution in [1.29, 1.82) is 0 Å². The third kappa shape index (κ3) is 4.91. The van der Waals surface area contributed by atoms with Crippen molar-refractivity contribution >= 4 is 10.2 Å². The van der Waals surface area contributed by atoms with Crippen LogP contribution in [0, 0.1) is 5.92 Å². The van der Waals surface area contributed by atoms with Gasteiger partial charge in [-0.15, -0.1) is 0 Å². The van der Waals surface area contributed by atoms with Gasteiger partial charge in [-0.1, -0.05) is 32.6 Å². The fraction of sp³-hybridized carbons (Fsp3) is 1.00. The fourth-order valence-electron chi connectivity index (χ4n) is 3.76. The van der Waals surface area contributed by atoms with Gasteiger partial charge in [0.25, 0.3) is 10.2 Å². The molecule has 0 aromatic rings. The van der Waals surface area contributed by atoms with E-state index in [0.29, 0.717) is 19.1 Å². The van der Waals surface area contributed by atoms with Gasteiger partial charge in [0.05, 0.1) is 0 Å². The summed E-state index contributed by atoms with van der Waals surface area (Å²) in [5.41, 5.74) is 0. The van der Waals surface area contributed by atoms with E-state index in [1.165, 1.54) is 19.3 Å². The maximum atomic E-state index is 12.7. The first-order chi connectivity index (χ1) is 10.5. The van der Waals surface area contributed by atoms with Crippen LogP contribution in [0.5, 0.6) is 0 Å². The predicted octanol–water partition coefficient (Wildman–Crippen LogP) is 2.68. The summed E-state index contributed by atoms with van der Waals surface area (Å²) in [5.74, 6) is 0.506. The molecule has 6 heteroatoms. The van der Waals surface area contributed by atoms with Crippen LogP contribution in [0.1, 0.15) is 64.7 Å². The molecular weight excluding hydrogens is 300 g/mol. The molecule has 5 nitrogen and oxygen atoms in total. The SMILES string of the molecule is CCC[C@@H](NS(=O)(=O)N(C)C1CCOCC1)C1CCCCC1. The Balaban J connectivity index is 1.99. The Hall–Kier alpha value is -0.170. The van der Waals surface area contributed by atoms with Crippen LogP contribution >= 0.6 is 0 Å². The topological polar surface area (TPSA) is 58.6 Å². The summed E-state index contributed by atoms with van der Waals surface area (Å²) in [6.07, 6.45) is 9.63. The van der Waals surface area contributed by atoms with Crippen molar-refractivity contribution in [3.63, 3.8) is 0 Å². The highest BCUT2D eigenvalue weighted by Gasteiger charge is 2.32. The number of rotatable bonds is 7. The van der Waals surface area contributed by atoms with E-state index in [-0.39, 0.29) is 12.1 Å². The Kier molecular flexibility index (Phi) is 7.12. The minimum atomic E-state index is -3.40. The average molecular weight is 333 g/mol. The van der Waals surface area contributed by atoms with Crippen molar-refractivity contribution in [1.82, 2.24) is 9.03 Å². The normalized spacial score (nSPS) is 23.8. The fourth-order valence-corrected chi connectivity index (χ4v) is 5.22. The minimum absolute atomic E-state index is 0.0693. The van der Waals surface area contributed by atoms with Gasteiger partial charge < -0.3 is 4.74 Å². The highest BCUT2D eigenvalue weighted by atomic mass is 32.2. The first kappa shape index (κ1) is 18.2. The maximum Gasteiger partial charge on any atom is 0.279 e. The highest BCUT2D eigenvalue weighted by Crippen LogP contribution is 2.29. The van der Waals surface area contributed by atoms with Gasteiger partial charge >= 0.3 is 0 Å². The van der Waals surface area contributed by atoms with Gasteiger partial charge in [-0.05, 0) is 38.0 Å². The zero-order chi connectivity index (χ0) is 16.0. The van der Waals surface area contributed by atoms with Gasteiger partial charge in [0.15, 0.2) is 0 Å². The summed E-state index contributed by atoms with van der Waals surface area (Å²) in [6, 6.07) is 0.164. The number of nitrogens with one attached hydrogen (secondary N) is 1. The second-order valence-corrected chi connectivity index (χ2v) is 8.54. The highest BCUT2D eigenvalue weighted by molar-refractivity contribution is 7.87. The zero-order valence-corrected chi connectivity index (χ0v) is 14.9. The van der Waals surface area contributed by atoms with Crippen LogP contribution in [0.3, 0.4) is 0 Å². The third-order valence-corrected chi connectivity index (χ3v) is 6.86. The van der Waals surface area contributed by atoms with Gasteiger partial charge in [-0.25, -0.2) is 0 Å². The Morgan fingerprint density at radius 3 is 2.36 bits per heavy atom. The van der Waals surface area contributed by atoms with Crippen LogP contribution in [-0.4, -0.2) is 45.1 Å². The van der Waals surface area contributed by atoms with E-state index in [4.69, 9.17) is 4.74 Å². The molecule has 2 aliphatic rings. The molecule has 1 aliphatic carbocycles. The maximum absolute atomic E-state index is 12.7. The Bertz CT molecular complexity index is 415. The van der Waals surface area contributed by atoms with Crippen LogP contribution in [0.4, 0.5) is 0 Å². The second-order valence-electron chi connectivity index (χ2n) is 6.78. The molecule has 0 unspecified atom stereocenters. The summed E-state index contributed by atoms with van der Waals surface area (Å²) in [7, 11) is -1.69. The smallest absolute Gasteiger partial charge is 0.279 e. The third-order valence-electron chi connectivity index (χ3n) is 5.20. The minimum Gasteiger partial charge on any atom is -0.381 e. The average Bonchev–Trinajstić information content (AvgIpc) is 2.55. The van der Waals surface area contributed by atoms with Gasteiger partial charge in [-0.2, -0.15) is 17.4 Å².